The van der Waals surface area contributed by atoms with E-state index in [4.69, 9.17) is 43.8 Å². The summed E-state index contributed by atoms with van der Waals surface area (Å²) in [5, 5.41) is 0.940. The zero-order valence-electron chi connectivity index (χ0n) is 16.0. The van der Waals surface area contributed by atoms with Crippen LogP contribution in [0.1, 0.15) is 29.7 Å². The predicted molar refractivity (Wildman–Crippen MR) is 118 cm³/mol. The molecule has 1 atom stereocenters. The van der Waals surface area contributed by atoms with E-state index in [2.05, 4.69) is 4.98 Å². The van der Waals surface area contributed by atoms with Crippen LogP contribution in [0.5, 0.6) is 5.75 Å². The number of anilines is 2. The van der Waals surface area contributed by atoms with Crippen molar-refractivity contribution in [3.05, 3.63) is 81.4 Å². The molecule has 5 nitrogen and oxygen atoms in total. The highest BCUT2D eigenvalue weighted by atomic mass is 35.5. The molecular weight excluding hydrogens is 428 g/mol. The van der Waals surface area contributed by atoms with Crippen molar-refractivity contribution < 1.29 is 13.5 Å². The molecule has 0 aliphatic heterocycles. The molecule has 2 aromatic carbocycles. The number of pyridine rings is 1. The van der Waals surface area contributed by atoms with Crippen molar-refractivity contribution in [2.24, 2.45) is 0 Å². The summed E-state index contributed by atoms with van der Waals surface area (Å²) in [5.41, 5.74) is 15.3. The van der Waals surface area contributed by atoms with E-state index in [9.17, 15) is 4.39 Å². The summed E-state index contributed by atoms with van der Waals surface area (Å²) in [6, 6.07) is 10.2. The van der Waals surface area contributed by atoms with Gasteiger partial charge in [0.2, 0.25) is 5.75 Å². The normalized spacial score (nSPS) is 12.3. The SMILES string of the molecule is C[C@@H](Oc1c(N)ncc2c(Cc3cccc(N)c3)coc12)c1c(Cl)ccc(F)c1Cl. The van der Waals surface area contributed by atoms with Crippen molar-refractivity contribution in [1.82, 2.24) is 4.98 Å². The zero-order valence-corrected chi connectivity index (χ0v) is 17.5. The third-order valence-corrected chi connectivity index (χ3v) is 5.52. The number of aromatic nitrogens is 1. The van der Waals surface area contributed by atoms with Crippen molar-refractivity contribution in [3.8, 4) is 5.75 Å². The molecule has 2 heterocycles. The molecule has 154 valence electrons. The maximum absolute atomic E-state index is 13.9. The number of nitrogens with zero attached hydrogens (tertiary/aromatic N) is 1. The van der Waals surface area contributed by atoms with E-state index in [0.717, 1.165) is 16.5 Å². The van der Waals surface area contributed by atoms with Crippen LogP contribution in [-0.2, 0) is 6.42 Å². The zero-order chi connectivity index (χ0) is 21.4. The van der Waals surface area contributed by atoms with Gasteiger partial charge in [-0.05, 0) is 36.8 Å². The van der Waals surface area contributed by atoms with Crippen LogP contribution in [-0.4, -0.2) is 4.98 Å². The predicted octanol–water partition coefficient (Wildman–Crippen LogP) is 6.17. The van der Waals surface area contributed by atoms with E-state index in [0.29, 0.717) is 23.3 Å². The van der Waals surface area contributed by atoms with Gasteiger partial charge in [-0.3, -0.25) is 0 Å². The average Bonchev–Trinajstić information content (AvgIpc) is 3.10. The van der Waals surface area contributed by atoms with Crippen LogP contribution < -0.4 is 16.2 Å². The Morgan fingerprint density at radius 3 is 2.77 bits per heavy atom. The Kier molecular flexibility index (Phi) is 5.45. The fraction of sp³-hybridized carbons (Fsp3) is 0.136. The molecule has 0 unspecified atom stereocenters. The van der Waals surface area contributed by atoms with Crippen LogP contribution in [0, 0.1) is 5.82 Å². The number of hydrogen-bond donors (Lipinski definition) is 2. The van der Waals surface area contributed by atoms with Crippen molar-refractivity contribution in [1.29, 1.82) is 0 Å². The second kappa shape index (κ2) is 8.05. The Balaban J connectivity index is 1.71. The Morgan fingerprint density at radius 2 is 2.00 bits per heavy atom. The summed E-state index contributed by atoms with van der Waals surface area (Å²) in [4.78, 5) is 4.24. The number of nitrogens with two attached hydrogens (primary N) is 2. The lowest BCUT2D eigenvalue weighted by atomic mass is 10.0. The van der Waals surface area contributed by atoms with Crippen molar-refractivity contribution in [2.45, 2.75) is 19.4 Å². The molecule has 0 aliphatic rings. The molecule has 0 saturated carbocycles. The van der Waals surface area contributed by atoms with Crippen molar-refractivity contribution >= 4 is 45.7 Å². The number of ether oxygens (including phenoxy) is 1. The van der Waals surface area contributed by atoms with Crippen molar-refractivity contribution in [2.75, 3.05) is 11.5 Å². The number of rotatable bonds is 5. The molecule has 0 spiro atoms. The van der Waals surface area contributed by atoms with Gasteiger partial charge in [-0.25, -0.2) is 9.37 Å². The summed E-state index contributed by atoms with van der Waals surface area (Å²) in [6.07, 6.45) is 3.17. The Morgan fingerprint density at radius 1 is 1.20 bits per heavy atom. The van der Waals surface area contributed by atoms with Gasteiger partial charge >= 0.3 is 0 Å². The number of fused-ring (bicyclic) bond motifs is 1. The molecule has 0 radical (unpaired) electrons. The van der Waals surface area contributed by atoms with Gasteiger partial charge in [0.05, 0.1) is 11.3 Å². The summed E-state index contributed by atoms with van der Waals surface area (Å²) in [6.45, 7) is 1.70. The highest BCUT2D eigenvalue weighted by molar-refractivity contribution is 6.36. The first-order valence-corrected chi connectivity index (χ1v) is 9.89. The van der Waals surface area contributed by atoms with Gasteiger partial charge in [0.25, 0.3) is 0 Å². The first-order chi connectivity index (χ1) is 14.3. The van der Waals surface area contributed by atoms with Gasteiger partial charge < -0.3 is 20.6 Å². The minimum atomic E-state index is -0.696. The molecule has 4 aromatic rings. The number of halogens is 3. The summed E-state index contributed by atoms with van der Waals surface area (Å²) < 4.78 is 25.7. The van der Waals surface area contributed by atoms with Crippen LogP contribution >= 0.6 is 23.2 Å². The molecule has 0 bridgehead atoms. The number of furan rings is 1. The van der Waals surface area contributed by atoms with Gasteiger partial charge in [-0.2, -0.15) is 0 Å². The largest absolute Gasteiger partial charge is 0.478 e. The minimum absolute atomic E-state index is 0.101. The first-order valence-electron chi connectivity index (χ1n) is 9.14. The Labute approximate surface area is 182 Å². The van der Waals surface area contributed by atoms with E-state index in [-0.39, 0.29) is 21.6 Å². The molecule has 30 heavy (non-hydrogen) atoms. The number of nitrogen functional groups attached to an aromatic ring is 2. The van der Waals surface area contributed by atoms with Gasteiger partial charge in [0.1, 0.15) is 11.9 Å². The molecule has 8 heteroatoms. The molecule has 0 amide bonds. The molecular formula is C22H18Cl2FN3O2. The van der Waals surface area contributed by atoms with Crippen LogP contribution in [0.2, 0.25) is 10.0 Å². The maximum atomic E-state index is 13.9. The molecule has 4 N–H and O–H groups in total. The number of hydrogen-bond acceptors (Lipinski definition) is 5. The fourth-order valence-electron chi connectivity index (χ4n) is 3.35. The van der Waals surface area contributed by atoms with E-state index < -0.39 is 11.9 Å². The van der Waals surface area contributed by atoms with E-state index in [1.807, 2.05) is 24.3 Å². The molecule has 4 rings (SSSR count). The second-order valence-electron chi connectivity index (χ2n) is 6.92. The Hall–Kier alpha value is -2.96. The minimum Gasteiger partial charge on any atom is -0.478 e. The van der Waals surface area contributed by atoms with Gasteiger partial charge in [0, 0.05) is 39.8 Å². The highest BCUT2D eigenvalue weighted by Crippen LogP contribution is 2.40. The van der Waals surface area contributed by atoms with Gasteiger partial charge in [-0.1, -0.05) is 35.3 Å². The quantitative estimate of drug-likeness (QED) is 0.283. The van der Waals surface area contributed by atoms with Gasteiger partial charge in [0.15, 0.2) is 11.4 Å². The van der Waals surface area contributed by atoms with Crippen molar-refractivity contribution in [3.63, 3.8) is 0 Å². The van der Waals surface area contributed by atoms with Gasteiger partial charge in [-0.15, -0.1) is 0 Å². The fourth-order valence-corrected chi connectivity index (χ4v) is 4.03. The van der Waals surface area contributed by atoms with Crippen LogP contribution in [0.3, 0.4) is 0 Å². The summed E-state index contributed by atoms with van der Waals surface area (Å²) in [7, 11) is 0. The highest BCUT2D eigenvalue weighted by Gasteiger charge is 2.23. The van der Waals surface area contributed by atoms with E-state index in [1.165, 1.54) is 12.1 Å². The van der Waals surface area contributed by atoms with Crippen LogP contribution in [0.15, 0.2) is 53.3 Å². The summed E-state index contributed by atoms with van der Waals surface area (Å²) in [5.74, 6) is -0.198. The molecule has 0 saturated heterocycles. The maximum Gasteiger partial charge on any atom is 0.205 e. The topological polar surface area (TPSA) is 87.3 Å². The molecule has 2 aromatic heterocycles. The third kappa shape index (κ3) is 3.76. The monoisotopic (exact) mass is 445 g/mol. The van der Waals surface area contributed by atoms with Crippen LogP contribution in [0.4, 0.5) is 15.9 Å². The smallest absolute Gasteiger partial charge is 0.205 e. The lowest BCUT2D eigenvalue weighted by Gasteiger charge is -2.18. The van der Waals surface area contributed by atoms with E-state index in [1.54, 1.807) is 19.4 Å². The lowest BCUT2D eigenvalue weighted by molar-refractivity contribution is 0.227. The van der Waals surface area contributed by atoms with Crippen LogP contribution in [0.25, 0.3) is 11.0 Å². The number of benzene rings is 2. The second-order valence-corrected chi connectivity index (χ2v) is 7.70. The average molecular weight is 446 g/mol. The first kappa shape index (κ1) is 20.3. The summed E-state index contributed by atoms with van der Waals surface area (Å²) >= 11 is 12.3. The lowest BCUT2D eigenvalue weighted by Crippen LogP contribution is -2.08. The molecule has 0 aliphatic carbocycles. The third-order valence-electron chi connectivity index (χ3n) is 4.81. The Bertz CT molecular complexity index is 1240. The standard InChI is InChI=1S/C22H18Cl2FN3O2/c1-11(18-16(23)5-6-17(25)19(18)24)30-21-20-15(9-28-22(21)27)13(10-29-20)7-12-3-2-4-14(26)8-12/h2-6,8-11H,7,26H2,1H3,(H2,27,28)/t11-/m1/s1. The van der Waals surface area contributed by atoms with E-state index >= 15 is 0 Å². The molecule has 0 fully saturated rings.